The summed E-state index contributed by atoms with van der Waals surface area (Å²) in [5.41, 5.74) is 9.96. The molecule has 0 saturated heterocycles. The van der Waals surface area contributed by atoms with Crippen LogP contribution in [0.2, 0.25) is 0 Å². The Bertz CT molecular complexity index is 730. The Kier molecular flexibility index (Phi) is 3.32. The molecular formula is C16H13BrN2O. The van der Waals surface area contributed by atoms with E-state index in [-0.39, 0.29) is 0 Å². The summed E-state index contributed by atoms with van der Waals surface area (Å²) in [4.78, 5) is 0. The van der Waals surface area contributed by atoms with E-state index in [1.165, 1.54) is 5.56 Å². The summed E-state index contributed by atoms with van der Waals surface area (Å²) in [5, 5.41) is 3.91. The van der Waals surface area contributed by atoms with Gasteiger partial charge in [-0.05, 0) is 24.6 Å². The van der Waals surface area contributed by atoms with E-state index in [9.17, 15) is 0 Å². The molecule has 3 aromatic rings. The molecule has 4 heteroatoms. The van der Waals surface area contributed by atoms with Crippen LogP contribution in [0.15, 0.2) is 57.5 Å². The van der Waals surface area contributed by atoms with Crippen molar-refractivity contribution in [2.24, 2.45) is 0 Å². The average Bonchev–Trinajstić information content (AvgIpc) is 2.83. The van der Waals surface area contributed by atoms with Crippen LogP contribution >= 0.6 is 15.9 Å². The minimum absolute atomic E-state index is 0.405. The molecule has 3 rings (SSSR count). The first-order chi connectivity index (χ1) is 9.65. The van der Waals surface area contributed by atoms with E-state index >= 15 is 0 Å². The highest BCUT2D eigenvalue weighted by molar-refractivity contribution is 9.10. The number of halogens is 1. The van der Waals surface area contributed by atoms with Crippen molar-refractivity contribution in [1.82, 2.24) is 5.16 Å². The van der Waals surface area contributed by atoms with Gasteiger partial charge in [-0.15, -0.1) is 0 Å². The van der Waals surface area contributed by atoms with Crippen molar-refractivity contribution < 1.29 is 4.52 Å². The maximum atomic E-state index is 5.96. The number of nitrogens with zero attached hydrogens (tertiary/aromatic N) is 1. The molecule has 0 aliphatic heterocycles. The van der Waals surface area contributed by atoms with Gasteiger partial charge in [0.2, 0.25) is 0 Å². The molecule has 0 saturated carbocycles. The van der Waals surface area contributed by atoms with Crippen LogP contribution in [0.1, 0.15) is 5.56 Å². The van der Waals surface area contributed by atoms with Crippen molar-refractivity contribution >= 4 is 21.7 Å². The lowest BCUT2D eigenvalue weighted by molar-refractivity contribution is 0.436. The molecule has 0 aliphatic rings. The van der Waals surface area contributed by atoms with Gasteiger partial charge < -0.3 is 10.3 Å². The van der Waals surface area contributed by atoms with Crippen LogP contribution < -0.4 is 5.73 Å². The molecule has 0 atom stereocenters. The van der Waals surface area contributed by atoms with Crippen molar-refractivity contribution in [3.05, 3.63) is 58.6 Å². The predicted molar refractivity (Wildman–Crippen MR) is 84.2 cm³/mol. The fourth-order valence-electron chi connectivity index (χ4n) is 2.10. The van der Waals surface area contributed by atoms with Gasteiger partial charge in [0.15, 0.2) is 11.6 Å². The fraction of sp³-hybridized carbons (Fsp3) is 0.0625. The molecule has 0 fully saturated rings. The molecule has 0 unspecified atom stereocenters. The van der Waals surface area contributed by atoms with Gasteiger partial charge in [0.25, 0.3) is 0 Å². The minimum atomic E-state index is 0.405. The maximum Gasteiger partial charge on any atom is 0.176 e. The van der Waals surface area contributed by atoms with E-state index in [0.717, 1.165) is 21.2 Å². The van der Waals surface area contributed by atoms with E-state index in [1.807, 2.05) is 55.5 Å². The molecular weight excluding hydrogens is 316 g/mol. The van der Waals surface area contributed by atoms with Crippen LogP contribution in [0.5, 0.6) is 0 Å². The van der Waals surface area contributed by atoms with Gasteiger partial charge in [-0.1, -0.05) is 63.0 Å². The van der Waals surface area contributed by atoms with Crippen LogP contribution in [0, 0.1) is 6.92 Å². The molecule has 0 radical (unpaired) electrons. The van der Waals surface area contributed by atoms with Crippen molar-refractivity contribution in [1.29, 1.82) is 0 Å². The first-order valence-electron chi connectivity index (χ1n) is 6.23. The summed E-state index contributed by atoms with van der Waals surface area (Å²) in [6.45, 7) is 2.05. The lowest BCUT2D eigenvalue weighted by Crippen LogP contribution is -1.88. The number of hydrogen-bond donors (Lipinski definition) is 1. The Hall–Kier alpha value is -2.07. The fourth-order valence-corrected chi connectivity index (χ4v) is 2.36. The highest BCUT2D eigenvalue weighted by Crippen LogP contribution is 2.36. The van der Waals surface area contributed by atoms with Crippen LogP contribution in [-0.4, -0.2) is 5.16 Å². The van der Waals surface area contributed by atoms with E-state index in [4.69, 9.17) is 10.3 Å². The molecule has 1 heterocycles. The van der Waals surface area contributed by atoms with Gasteiger partial charge in [-0.2, -0.15) is 0 Å². The number of rotatable bonds is 2. The Morgan fingerprint density at radius 1 is 0.950 bits per heavy atom. The quantitative estimate of drug-likeness (QED) is 0.744. The molecule has 2 aromatic carbocycles. The second-order valence-corrected chi connectivity index (χ2v) is 5.56. The molecule has 0 bridgehead atoms. The third-order valence-electron chi connectivity index (χ3n) is 3.17. The lowest BCUT2D eigenvalue weighted by atomic mass is 10.0. The molecule has 1 aromatic heterocycles. The first-order valence-corrected chi connectivity index (χ1v) is 7.02. The van der Waals surface area contributed by atoms with Gasteiger partial charge in [0.05, 0.1) is 5.56 Å². The van der Waals surface area contributed by atoms with E-state index in [1.54, 1.807) is 0 Å². The average molecular weight is 329 g/mol. The molecule has 100 valence electrons. The predicted octanol–water partition coefficient (Wildman–Crippen LogP) is 4.66. The van der Waals surface area contributed by atoms with E-state index in [2.05, 4.69) is 21.1 Å². The van der Waals surface area contributed by atoms with Crippen LogP contribution in [0.4, 0.5) is 5.82 Å². The third-order valence-corrected chi connectivity index (χ3v) is 3.69. The topological polar surface area (TPSA) is 52.0 Å². The number of hydrogen-bond acceptors (Lipinski definition) is 3. The zero-order chi connectivity index (χ0) is 14.1. The molecule has 3 nitrogen and oxygen atoms in total. The lowest BCUT2D eigenvalue weighted by Gasteiger charge is -2.03. The number of aromatic nitrogens is 1. The summed E-state index contributed by atoms with van der Waals surface area (Å²) in [5.74, 6) is 1.10. The monoisotopic (exact) mass is 328 g/mol. The van der Waals surface area contributed by atoms with Gasteiger partial charge in [0, 0.05) is 10.0 Å². The summed E-state index contributed by atoms with van der Waals surface area (Å²) in [6, 6.07) is 16.0. The highest BCUT2D eigenvalue weighted by atomic mass is 79.9. The number of nitrogens with two attached hydrogens (primary N) is 1. The molecule has 0 spiro atoms. The molecule has 20 heavy (non-hydrogen) atoms. The summed E-state index contributed by atoms with van der Waals surface area (Å²) >= 11 is 3.43. The largest absolute Gasteiger partial charge is 0.380 e. The Morgan fingerprint density at radius 2 is 1.55 bits per heavy atom. The Labute approximate surface area is 125 Å². The number of aryl methyl sites for hydroxylation is 1. The SMILES string of the molecule is Cc1ccc(-c2onc(N)c2-c2ccc(Br)cc2)cc1. The smallest absolute Gasteiger partial charge is 0.176 e. The Balaban J connectivity index is 2.14. The second-order valence-electron chi connectivity index (χ2n) is 4.64. The van der Waals surface area contributed by atoms with E-state index in [0.29, 0.717) is 11.6 Å². The standard InChI is InChI=1S/C16H13BrN2O/c1-10-2-4-12(5-3-10)15-14(16(18)19-20-15)11-6-8-13(17)9-7-11/h2-9H,1H3,(H2,18,19). The first kappa shape index (κ1) is 12.9. The van der Waals surface area contributed by atoms with Crippen molar-refractivity contribution in [2.75, 3.05) is 5.73 Å². The number of benzene rings is 2. The summed E-state index contributed by atoms with van der Waals surface area (Å²) in [6.07, 6.45) is 0. The zero-order valence-corrected chi connectivity index (χ0v) is 12.5. The number of anilines is 1. The molecule has 0 aliphatic carbocycles. The highest BCUT2D eigenvalue weighted by Gasteiger charge is 2.17. The van der Waals surface area contributed by atoms with Crippen molar-refractivity contribution in [3.63, 3.8) is 0 Å². The normalized spacial score (nSPS) is 10.7. The van der Waals surface area contributed by atoms with Crippen molar-refractivity contribution in [3.8, 4) is 22.5 Å². The zero-order valence-electron chi connectivity index (χ0n) is 10.9. The minimum Gasteiger partial charge on any atom is -0.380 e. The molecule has 2 N–H and O–H groups in total. The van der Waals surface area contributed by atoms with Crippen molar-refractivity contribution in [2.45, 2.75) is 6.92 Å². The Morgan fingerprint density at radius 3 is 2.20 bits per heavy atom. The molecule has 0 amide bonds. The van der Waals surface area contributed by atoms with Gasteiger partial charge >= 0.3 is 0 Å². The maximum absolute atomic E-state index is 5.96. The van der Waals surface area contributed by atoms with Gasteiger partial charge in [-0.25, -0.2) is 0 Å². The summed E-state index contributed by atoms with van der Waals surface area (Å²) in [7, 11) is 0. The summed E-state index contributed by atoms with van der Waals surface area (Å²) < 4.78 is 6.44. The van der Waals surface area contributed by atoms with Crippen LogP contribution in [0.25, 0.3) is 22.5 Å². The van der Waals surface area contributed by atoms with Crippen LogP contribution in [0.3, 0.4) is 0 Å². The number of nitrogen functional groups attached to an aromatic ring is 1. The van der Waals surface area contributed by atoms with Crippen LogP contribution in [-0.2, 0) is 0 Å². The second kappa shape index (κ2) is 5.13. The van der Waals surface area contributed by atoms with E-state index < -0.39 is 0 Å². The van der Waals surface area contributed by atoms with Gasteiger partial charge in [0.1, 0.15) is 0 Å². The third kappa shape index (κ3) is 2.34. The van der Waals surface area contributed by atoms with Gasteiger partial charge in [-0.3, -0.25) is 0 Å².